The van der Waals surface area contributed by atoms with Gasteiger partial charge in [-0.3, -0.25) is 14.3 Å². The van der Waals surface area contributed by atoms with Gasteiger partial charge in [-0.2, -0.15) is 5.10 Å². The molecular formula is C20H22N6O2. The summed E-state index contributed by atoms with van der Waals surface area (Å²) >= 11 is 0. The van der Waals surface area contributed by atoms with Crippen molar-refractivity contribution in [3.63, 3.8) is 0 Å². The van der Waals surface area contributed by atoms with E-state index in [0.717, 1.165) is 42.5 Å². The number of aryl methyl sites for hydroxylation is 2. The number of imidazole rings is 1. The van der Waals surface area contributed by atoms with Crippen molar-refractivity contribution in [3.8, 4) is 0 Å². The fourth-order valence-corrected chi connectivity index (χ4v) is 4.05. The van der Waals surface area contributed by atoms with Crippen LogP contribution < -0.4 is 0 Å². The fraction of sp³-hybridized carbons (Fsp3) is 0.400. The lowest BCUT2D eigenvalue weighted by molar-refractivity contribution is 0.0532. The highest BCUT2D eigenvalue weighted by molar-refractivity contribution is 5.97. The van der Waals surface area contributed by atoms with E-state index in [0.29, 0.717) is 37.4 Å². The van der Waals surface area contributed by atoms with Crippen molar-refractivity contribution in [2.75, 3.05) is 26.2 Å². The van der Waals surface area contributed by atoms with E-state index in [9.17, 15) is 9.59 Å². The molecule has 4 heterocycles. The largest absolute Gasteiger partial charge is 0.345 e. The van der Waals surface area contributed by atoms with Crippen molar-refractivity contribution in [1.82, 2.24) is 29.5 Å². The molecule has 2 aromatic heterocycles. The number of aromatic nitrogens is 4. The number of rotatable bonds is 2. The molecule has 0 atom stereocenters. The summed E-state index contributed by atoms with van der Waals surface area (Å²) in [6.45, 7) is 3.00. The molecule has 0 radical (unpaired) electrons. The zero-order valence-corrected chi connectivity index (χ0v) is 15.6. The molecule has 0 unspecified atom stereocenters. The molecule has 0 spiro atoms. The number of nitrogens with one attached hydrogen (secondary N) is 1. The quantitative estimate of drug-likeness (QED) is 0.735. The summed E-state index contributed by atoms with van der Waals surface area (Å²) in [7, 11) is 0. The Balaban J connectivity index is 1.24. The second kappa shape index (κ2) is 6.78. The average Bonchev–Trinajstić information content (AvgIpc) is 3.39. The lowest BCUT2D eigenvalue weighted by Gasteiger charge is -2.34. The molecule has 2 aliphatic rings. The first-order valence-corrected chi connectivity index (χ1v) is 9.77. The van der Waals surface area contributed by atoms with E-state index in [-0.39, 0.29) is 11.8 Å². The zero-order valence-electron chi connectivity index (χ0n) is 15.6. The van der Waals surface area contributed by atoms with Crippen LogP contribution in [0.15, 0.2) is 30.6 Å². The Kier molecular flexibility index (Phi) is 4.11. The highest BCUT2D eigenvalue weighted by Crippen LogP contribution is 2.18. The molecule has 3 aromatic rings. The van der Waals surface area contributed by atoms with Crippen molar-refractivity contribution < 1.29 is 9.59 Å². The number of nitrogens with zero attached hydrogens (tertiary/aromatic N) is 5. The number of fused-ring (bicyclic) bond motifs is 2. The van der Waals surface area contributed by atoms with E-state index in [4.69, 9.17) is 0 Å². The van der Waals surface area contributed by atoms with E-state index in [2.05, 4.69) is 15.1 Å². The molecule has 5 rings (SSSR count). The van der Waals surface area contributed by atoms with Gasteiger partial charge in [-0.25, -0.2) is 4.98 Å². The van der Waals surface area contributed by atoms with Crippen molar-refractivity contribution in [3.05, 3.63) is 47.5 Å². The van der Waals surface area contributed by atoms with Crippen LogP contribution in [0.3, 0.4) is 0 Å². The summed E-state index contributed by atoms with van der Waals surface area (Å²) in [5.41, 5.74) is 4.01. The number of hydrogen-bond donors (Lipinski definition) is 1. The van der Waals surface area contributed by atoms with Crippen LogP contribution in [-0.4, -0.2) is 67.5 Å². The molecule has 0 aliphatic carbocycles. The van der Waals surface area contributed by atoms with Crippen LogP contribution in [0, 0.1) is 0 Å². The number of amides is 2. The molecule has 0 saturated carbocycles. The van der Waals surface area contributed by atoms with Crippen LogP contribution in [0.2, 0.25) is 0 Å². The molecule has 1 saturated heterocycles. The molecule has 2 amide bonds. The van der Waals surface area contributed by atoms with Gasteiger partial charge >= 0.3 is 0 Å². The summed E-state index contributed by atoms with van der Waals surface area (Å²) in [4.78, 5) is 36.5. The van der Waals surface area contributed by atoms with Crippen LogP contribution in [0.1, 0.15) is 39.4 Å². The third-order valence-electron chi connectivity index (χ3n) is 5.66. The van der Waals surface area contributed by atoms with Gasteiger partial charge in [0.25, 0.3) is 11.8 Å². The number of H-pyrrole nitrogens is 1. The predicted molar refractivity (Wildman–Crippen MR) is 103 cm³/mol. The Morgan fingerprint density at radius 2 is 1.71 bits per heavy atom. The van der Waals surface area contributed by atoms with Gasteiger partial charge in [-0.05, 0) is 43.5 Å². The van der Waals surface area contributed by atoms with Crippen molar-refractivity contribution >= 4 is 22.8 Å². The molecule has 8 heteroatoms. The molecule has 28 heavy (non-hydrogen) atoms. The first-order chi connectivity index (χ1) is 13.7. The van der Waals surface area contributed by atoms with E-state index in [1.807, 2.05) is 22.9 Å². The normalized spacial score (nSPS) is 17.0. The van der Waals surface area contributed by atoms with E-state index in [1.165, 1.54) is 0 Å². The molecule has 144 valence electrons. The first kappa shape index (κ1) is 17.0. The summed E-state index contributed by atoms with van der Waals surface area (Å²) in [5.74, 6) is -0.0473. The SMILES string of the molecule is O=C(c1ccc2nc[nH]c2c1)N1CCN(C(=O)c2cc3n(n2)CCCC3)CC1. The summed E-state index contributed by atoms with van der Waals surface area (Å²) in [6, 6.07) is 7.41. The standard InChI is InChI=1S/C20H22N6O2/c27-19(14-4-5-16-17(11-14)22-13-21-16)24-7-9-25(10-8-24)20(28)18-12-15-3-1-2-6-26(15)23-18/h4-5,11-13H,1-3,6-10H2,(H,21,22). The van der Waals surface area contributed by atoms with E-state index >= 15 is 0 Å². The predicted octanol–water partition coefficient (Wildman–Crippen LogP) is 1.69. The van der Waals surface area contributed by atoms with Crippen molar-refractivity contribution in [1.29, 1.82) is 0 Å². The Labute approximate surface area is 162 Å². The number of hydrogen-bond acceptors (Lipinski definition) is 4. The lowest BCUT2D eigenvalue weighted by Crippen LogP contribution is -2.50. The van der Waals surface area contributed by atoms with Crippen LogP contribution in [0.5, 0.6) is 0 Å². The number of piperazine rings is 1. The van der Waals surface area contributed by atoms with E-state index < -0.39 is 0 Å². The minimum Gasteiger partial charge on any atom is -0.345 e. The summed E-state index contributed by atoms with van der Waals surface area (Å²) in [5, 5.41) is 4.49. The molecular weight excluding hydrogens is 356 g/mol. The Morgan fingerprint density at radius 3 is 2.50 bits per heavy atom. The highest BCUT2D eigenvalue weighted by Gasteiger charge is 2.27. The Hall–Kier alpha value is -3.16. The summed E-state index contributed by atoms with van der Waals surface area (Å²) in [6.07, 6.45) is 4.89. The first-order valence-electron chi connectivity index (χ1n) is 9.77. The molecule has 1 N–H and O–H groups in total. The summed E-state index contributed by atoms with van der Waals surface area (Å²) < 4.78 is 1.96. The second-order valence-corrected chi connectivity index (χ2v) is 7.42. The molecule has 8 nitrogen and oxygen atoms in total. The maximum atomic E-state index is 12.8. The van der Waals surface area contributed by atoms with Gasteiger partial charge in [0.15, 0.2) is 5.69 Å². The minimum absolute atomic E-state index is 0.0129. The maximum absolute atomic E-state index is 12.8. The van der Waals surface area contributed by atoms with Gasteiger partial charge in [-0.1, -0.05) is 0 Å². The van der Waals surface area contributed by atoms with E-state index in [1.54, 1.807) is 22.2 Å². The third-order valence-corrected chi connectivity index (χ3v) is 5.66. The van der Waals surface area contributed by atoms with Gasteiger partial charge < -0.3 is 14.8 Å². The second-order valence-electron chi connectivity index (χ2n) is 7.42. The smallest absolute Gasteiger partial charge is 0.274 e. The van der Waals surface area contributed by atoms with Crippen molar-refractivity contribution in [2.45, 2.75) is 25.8 Å². The van der Waals surface area contributed by atoms with Gasteiger partial charge in [0.05, 0.1) is 17.4 Å². The minimum atomic E-state index is -0.0344. The topological polar surface area (TPSA) is 87.1 Å². The van der Waals surface area contributed by atoms with Crippen LogP contribution >= 0.6 is 0 Å². The molecule has 1 fully saturated rings. The Bertz CT molecular complexity index is 1020. The Morgan fingerprint density at radius 1 is 0.929 bits per heavy atom. The van der Waals surface area contributed by atoms with Crippen LogP contribution in [0.4, 0.5) is 0 Å². The van der Waals surface area contributed by atoms with Crippen LogP contribution in [-0.2, 0) is 13.0 Å². The number of carbonyl (C=O) groups excluding carboxylic acids is 2. The van der Waals surface area contributed by atoms with Gasteiger partial charge in [0.1, 0.15) is 0 Å². The molecule has 1 aromatic carbocycles. The lowest BCUT2D eigenvalue weighted by atomic mass is 10.1. The van der Waals surface area contributed by atoms with Gasteiger partial charge in [-0.15, -0.1) is 0 Å². The maximum Gasteiger partial charge on any atom is 0.274 e. The third kappa shape index (κ3) is 2.94. The monoisotopic (exact) mass is 378 g/mol. The van der Waals surface area contributed by atoms with Crippen LogP contribution in [0.25, 0.3) is 11.0 Å². The van der Waals surface area contributed by atoms with Crippen molar-refractivity contribution in [2.24, 2.45) is 0 Å². The molecule has 0 bridgehead atoms. The fourth-order valence-electron chi connectivity index (χ4n) is 4.05. The van der Waals surface area contributed by atoms with Gasteiger partial charge in [0.2, 0.25) is 0 Å². The number of carbonyl (C=O) groups is 2. The number of aromatic amines is 1. The number of benzene rings is 1. The average molecular weight is 378 g/mol. The van der Waals surface area contributed by atoms with Gasteiger partial charge in [0, 0.05) is 44.0 Å². The molecule has 2 aliphatic heterocycles. The highest BCUT2D eigenvalue weighted by atomic mass is 16.2. The zero-order chi connectivity index (χ0) is 19.1.